The molecule has 2 N–H and O–H groups in total. The molecule has 12 nitrogen and oxygen atoms in total. The van der Waals surface area contributed by atoms with Gasteiger partial charge >= 0.3 is 17.9 Å². The van der Waals surface area contributed by atoms with Gasteiger partial charge in [-0.15, -0.1) is 0 Å². The molecule has 14 heteroatoms. The highest BCUT2D eigenvalue weighted by atomic mass is 127. The van der Waals surface area contributed by atoms with E-state index in [1.165, 1.54) is 7.11 Å². The third kappa shape index (κ3) is 7.70. The van der Waals surface area contributed by atoms with Crippen molar-refractivity contribution in [2.24, 2.45) is 29.6 Å². The van der Waals surface area contributed by atoms with Crippen LogP contribution in [0.15, 0.2) is 66.4 Å². The highest BCUT2D eigenvalue weighted by Gasteiger charge is 2.69. The third-order valence-corrected chi connectivity index (χ3v) is 14.3. The van der Waals surface area contributed by atoms with Crippen LogP contribution in [0.2, 0.25) is 0 Å². The van der Waals surface area contributed by atoms with E-state index in [2.05, 4.69) is 24.2 Å². The van der Waals surface area contributed by atoms with E-state index in [0.717, 1.165) is 65.9 Å². The smallest absolute Gasteiger partial charge is 0.355 e. The Hall–Kier alpha value is -2.60. The first kappa shape index (κ1) is 44.0. The number of aliphatic hydroxyl groups is 1. The SMILES string of the molecule is CO[C@H]1CC2C=C[C@H]3[C@H]4O[C@]2(/C(C)=C/[C@@H](C)[C@@H]([C@@H](C)OC(=O)c2ccccc2C[N+]25CC[N+](C)(CC2)CC5)OC1=O)[C@@H]3[C@H](O)[C@@H](C)[C@H]4OC(=O)c1ccc[nH]1.[Br-].[I-]. The number of rotatable bonds is 8. The van der Waals surface area contributed by atoms with E-state index in [1.54, 1.807) is 25.3 Å². The summed E-state index contributed by atoms with van der Waals surface area (Å²) in [7, 11) is 3.83. The minimum atomic E-state index is -1.01. The van der Waals surface area contributed by atoms with Gasteiger partial charge < -0.3 is 83.7 Å². The molecule has 1 spiro atoms. The monoisotopic (exact) mass is 965 g/mol. The molecule has 5 aliphatic heterocycles. The second kappa shape index (κ2) is 16.8. The summed E-state index contributed by atoms with van der Waals surface area (Å²) in [4.78, 5) is 44.1. The lowest BCUT2D eigenvalue weighted by Gasteiger charge is -2.54. The number of halogens is 2. The fourth-order valence-corrected chi connectivity index (χ4v) is 10.9. The summed E-state index contributed by atoms with van der Waals surface area (Å²) < 4.78 is 33.5. The van der Waals surface area contributed by atoms with Crippen LogP contribution in [0.1, 0.15) is 60.5 Å². The Kier molecular flexibility index (Phi) is 13.0. The van der Waals surface area contributed by atoms with Crippen LogP contribution in [-0.4, -0.2) is 133 Å². The standard InChI is InChI=1S/C43H56N3O9.BrH.HI/c1-25-22-26(2)43-30(13-14-32-35(43)36(47)27(3)38(39(32)55-43)54-41(49)33-12-9-15-44-33)23-34(51-6)42(50)53-37(25)28(4)52-40(48)31-11-8-7-10-29(31)24-46-19-16-45(5,17-20-46)18-21-46;;/h7-15,22,25,27-28,30,32,34-39,47H,16-21,23-24H2,1-6H3;2*1H/q+1;;/p-1/b26-22+;;/t25-,27-,28-,30?,32-,34+,35+,36-,37+,38-,39-,43+,45?,46?;;/m1../s1. The average Bonchev–Trinajstić information content (AvgIpc) is 3.78. The molecule has 5 fully saturated rings. The summed E-state index contributed by atoms with van der Waals surface area (Å²) in [6.45, 7) is 15.1. The highest BCUT2D eigenvalue weighted by Crippen LogP contribution is 2.61. The molecule has 0 amide bonds. The van der Waals surface area contributed by atoms with Crippen molar-refractivity contribution in [3.05, 3.63) is 83.2 Å². The number of nitrogens with one attached hydrogen (secondary N) is 1. The zero-order valence-electron chi connectivity index (χ0n) is 33.6. The van der Waals surface area contributed by atoms with Crippen LogP contribution in [0, 0.1) is 29.6 Å². The summed E-state index contributed by atoms with van der Waals surface area (Å²) in [5.41, 5.74) is 1.71. The first-order chi connectivity index (χ1) is 26.3. The first-order valence-corrected chi connectivity index (χ1v) is 20.1. The zero-order valence-corrected chi connectivity index (χ0v) is 37.4. The number of likely N-dealkylation sites (N-methyl/N-ethyl adjacent to an activating group) is 1. The van der Waals surface area contributed by atoms with Crippen molar-refractivity contribution in [3.8, 4) is 0 Å². The molecule has 0 radical (unpaired) electrons. The molecule has 1 aromatic heterocycles. The predicted molar refractivity (Wildman–Crippen MR) is 201 cm³/mol. The number of carbonyl (C=O) groups is 3. The van der Waals surface area contributed by atoms with Crippen molar-refractivity contribution in [2.75, 3.05) is 53.4 Å². The topological polar surface area (TPSA) is 133 Å². The van der Waals surface area contributed by atoms with Crippen molar-refractivity contribution < 1.29 is 93.1 Å². The molecule has 12 atom stereocenters. The van der Waals surface area contributed by atoms with Crippen molar-refractivity contribution in [3.63, 3.8) is 0 Å². The number of hydrogen-bond donors (Lipinski definition) is 2. The number of H-pyrrole nitrogens is 1. The van der Waals surface area contributed by atoms with Crippen LogP contribution >= 0.6 is 0 Å². The normalized spacial score (nSPS) is 40.5. The van der Waals surface area contributed by atoms with Gasteiger partial charge in [-0.25, -0.2) is 14.4 Å². The minimum Gasteiger partial charge on any atom is -1.00 e. The zero-order chi connectivity index (χ0) is 38.9. The lowest BCUT2D eigenvalue weighted by atomic mass is 9.57. The molecule has 312 valence electrons. The molecule has 1 aromatic carbocycles. The van der Waals surface area contributed by atoms with Gasteiger partial charge in [-0.1, -0.05) is 50.3 Å². The van der Waals surface area contributed by atoms with Crippen molar-refractivity contribution in [2.45, 2.75) is 82.9 Å². The Labute approximate surface area is 363 Å². The van der Waals surface area contributed by atoms with Crippen LogP contribution in [0.3, 0.4) is 0 Å². The summed E-state index contributed by atoms with van der Waals surface area (Å²) in [6.07, 6.45) is 3.39. The summed E-state index contributed by atoms with van der Waals surface area (Å²) in [5.74, 6) is -3.25. The number of benzene rings is 1. The second-order valence-electron chi connectivity index (χ2n) is 17.6. The Morgan fingerprint density at radius 2 is 1.74 bits per heavy atom. The van der Waals surface area contributed by atoms with Gasteiger partial charge in [0.2, 0.25) is 0 Å². The van der Waals surface area contributed by atoms with Crippen LogP contribution < -0.4 is 41.0 Å². The fourth-order valence-electron chi connectivity index (χ4n) is 10.9. The van der Waals surface area contributed by atoms with Gasteiger partial charge in [-0.2, -0.15) is 0 Å². The maximum Gasteiger partial charge on any atom is 0.355 e. The van der Waals surface area contributed by atoms with E-state index in [9.17, 15) is 19.5 Å². The quantitative estimate of drug-likeness (QED) is 0.102. The molecule has 2 aromatic rings. The number of aromatic amines is 1. The predicted octanol–water partition coefficient (Wildman–Crippen LogP) is -1.94. The summed E-state index contributed by atoms with van der Waals surface area (Å²) in [6, 6.07) is 11.1. The molecule has 1 unspecified atom stereocenters. The van der Waals surface area contributed by atoms with Crippen LogP contribution in [-0.2, 0) is 35.0 Å². The number of methoxy groups -OCH3 is 1. The molecule has 4 saturated heterocycles. The third-order valence-electron chi connectivity index (χ3n) is 14.3. The van der Waals surface area contributed by atoms with Gasteiger partial charge in [0.25, 0.3) is 0 Å². The van der Waals surface area contributed by atoms with E-state index in [1.807, 2.05) is 51.1 Å². The first-order valence-electron chi connectivity index (χ1n) is 20.1. The molecule has 2 aliphatic carbocycles. The number of nitrogens with zero attached hydrogens (tertiary/aromatic N) is 2. The molecular formula is C43H57BrIN3O9. The average molecular weight is 967 g/mol. The Morgan fingerprint density at radius 3 is 2.40 bits per heavy atom. The number of fused-ring (bicyclic) bond motifs is 3. The lowest BCUT2D eigenvalue weighted by molar-refractivity contribution is -1.08. The molecule has 7 aliphatic rings. The van der Waals surface area contributed by atoms with Crippen LogP contribution in [0.4, 0.5) is 0 Å². The van der Waals surface area contributed by atoms with Gasteiger partial charge in [-0.3, -0.25) is 0 Å². The van der Waals surface area contributed by atoms with Crippen LogP contribution in [0.5, 0.6) is 0 Å². The van der Waals surface area contributed by atoms with Gasteiger partial charge in [-0.05, 0) is 44.0 Å². The Balaban J connectivity index is 0.00000275. The van der Waals surface area contributed by atoms with Crippen molar-refractivity contribution in [1.29, 1.82) is 0 Å². The highest BCUT2D eigenvalue weighted by molar-refractivity contribution is 5.91. The number of aromatic nitrogens is 1. The van der Waals surface area contributed by atoms with E-state index < -0.39 is 72.0 Å². The number of aliphatic hydroxyl groups excluding tert-OH is 1. The van der Waals surface area contributed by atoms with Gasteiger partial charge in [0.1, 0.15) is 81.5 Å². The Morgan fingerprint density at radius 1 is 1.04 bits per heavy atom. The number of ether oxygens (including phenoxy) is 5. The number of quaternary nitrogens is 2. The number of cyclic esters (lactones) is 1. The maximum atomic E-state index is 14.0. The largest absolute Gasteiger partial charge is 1.00 e. The summed E-state index contributed by atoms with van der Waals surface area (Å²) >= 11 is 0. The second-order valence-corrected chi connectivity index (χ2v) is 17.6. The minimum absolute atomic E-state index is 0. The molecular weight excluding hydrogens is 909 g/mol. The lowest BCUT2D eigenvalue weighted by Crippen LogP contribution is -3.00. The summed E-state index contributed by atoms with van der Waals surface area (Å²) in [5, 5.41) is 12.1. The maximum absolute atomic E-state index is 14.0. The fraction of sp³-hybridized carbons (Fsp3) is 0.605. The number of hydrogen-bond acceptors (Lipinski definition) is 9. The van der Waals surface area contributed by atoms with Crippen molar-refractivity contribution >= 4 is 17.9 Å². The Bertz CT molecular complexity index is 1850. The number of esters is 3. The van der Waals surface area contributed by atoms with Gasteiger partial charge in [0, 0.05) is 48.5 Å². The molecule has 1 saturated carbocycles. The van der Waals surface area contributed by atoms with E-state index in [-0.39, 0.29) is 65.1 Å². The van der Waals surface area contributed by atoms with E-state index >= 15 is 0 Å². The van der Waals surface area contributed by atoms with Crippen LogP contribution in [0.25, 0.3) is 0 Å². The molecule has 6 bridgehead atoms. The molecule has 57 heavy (non-hydrogen) atoms. The van der Waals surface area contributed by atoms with Crippen molar-refractivity contribution in [1.82, 2.24) is 4.98 Å². The number of piperazine rings is 3. The van der Waals surface area contributed by atoms with Gasteiger partial charge in [0.05, 0.1) is 18.7 Å². The van der Waals surface area contributed by atoms with Gasteiger partial charge in [0.15, 0.2) is 6.10 Å². The molecule has 9 rings (SSSR count). The van der Waals surface area contributed by atoms with E-state index in [4.69, 9.17) is 23.7 Å². The number of carbonyl (C=O) groups excluding carboxylic acids is 3. The molecule has 6 heterocycles. The van der Waals surface area contributed by atoms with E-state index in [0.29, 0.717) is 11.3 Å².